The van der Waals surface area contributed by atoms with Crippen molar-refractivity contribution in [2.45, 2.75) is 12.8 Å². The van der Waals surface area contributed by atoms with Crippen LogP contribution in [0.1, 0.15) is 12.0 Å². The predicted octanol–water partition coefficient (Wildman–Crippen LogP) is 4.78. The minimum atomic E-state index is -0.127. The summed E-state index contributed by atoms with van der Waals surface area (Å²) in [5.41, 5.74) is 1.93. The van der Waals surface area contributed by atoms with Crippen LogP contribution in [0.3, 0.4) is 0 Å². The second kappa shape index (κ2) is 9.26. The van der Waals surface area contributed by atoms with Crippen molar-refractivity contribution in [1.82, 2.24) is 9.80 Å². The molecule has 1 saturated heterocycles. The lowest BCUT2D eigenvalue weighted by molar-refractivity contribution is 0.146. The molecular formula is C20H23Cl2N3O. The molecule has 2 aromatic carbocycles. The summed E-state index contributed by atoms with van der Waals surface area (Å²) >= 11 is 12.1. The minimum absolute atomic E-state index is 0.127. The molecule has 3 rings (SSSR count). The molecule has 0 aliphatic carbocycles. The second-order valence-electron chi connectivity index (χ2n) is 6.45. The molecule has 1 aliphatic rings. The highest BCUT2D eigenvalue weighted by Gasteiger charge is 2.21. The molecule has 0 radical (unpaired) electrons. The van der Waals surface area contributed by atoms with Crippen LogP contribution in [0.5, 0.6) is 0 Å². The van der Waals surface area contributed by atoms with Gasteiger partial charge in [0.15, 0.2) is 0 Å². The van der Waals surface area contributed by atoms with Gasteiger partial charge in [-0.05, 0) is 37.1 Å². The van der Waals surface area contributed by atoms with Crippen LogP contribution >= 0.6 is 23.2 Å². The summed E-state index contributed by atoms with van der Waals surface area (Å²) in [4.78, 5) is 16.7. The Labute approximate surface area is 164 Å². The van der Waals surface area contributed by atoms with E-state index in [1.165, 1.54) is 5.56 Å². The molecule has 0 saturated carbocycles. The maximum Gasteiger partial charge on any atom is 0.321 e. The summed E-state index contributed by atoms with van der Waals surface area (Å²) in [6.07, 6.45) is 2.23. The van der Waals surface area contributed by atoms with Crippen LogP contribution in [-0.4, -0.2) is 48.6 Å². The summed E-state index contributed by atoms with van der Waals surface area (Å²) in [5, 5.41) is 3.67. The molecule has 1 fully saturated rings. The lowest BCUT2D eigenvalue weighted by Gasteiger charge is -2.34. The largest absolute Gasteiger partial charge is 0.322 e. The first-order chi connectivity index (χ1) is 12.6. The van der Waals surface area contributed by atoms with Gasteiger partial charge in [0, 0.05) is 26.2 Å². The van der Waals surface area contributed by atoms with E-state index in [-0.39, 0.29) is 6.03 Å². The van der Waals surface area contributed by atoms with Gasteiger partial charge in [-0.25, -0.2) is 4.79 Å². The summed E-state index contributed by atoms with van der Waals surface area (Å²) < 4.78 is 0. The van der Waals surface area contributed by atoms with Gasteiger partial charge in [-0.1, -0.05) is 59.6 Å². The third kappa shape index (κ3) is 5.13. The zero-order chi connectivity index (χ0) is 18.4. The molecule has 2 aromatic rings. The summed E-state index contributed by atoms with van der Waals surface area (Å²) in [6, 6.07) is 15.7. The number of carbonyl (C=O) groups excluding carboxylic acids is 1. The summed E-state index contributed by atoms with van der Waals surface area (Å²) in [6.45, 7) is 4.28. The van der Waals surface area contributed by atoms with Crippen LogP contribution in [0.25, 0.3) is 0 Å². The number of anilines is 1. The number of hydrogen-bond donors (Lipinski definition) is 1. The van der Waals surface area contributed by atoms with Crippen molar-refractivity contribution in [2.24, 2.45) is 0 Å². The van der Waals surface area contributed by atoms with Crippen LogP contribution < -0.4 is 5.32 Å². The molecule has 4 nitrogen and oxygen atoms in total. The van der Waals surface area contributed by atoms with Crippen LogP contribution in [0.4, 0.5) is 10.5 Å². The molecule has 0 spiro atoms. The Morgan fingerprint density at radius 3 is 2.42 bits per heavy atom. The van der Waals surface area contributed by atoms with E-state index >= 15 is 0 Å². The Morgan fingerprint density at radius 2 is 1.69 bits per heavy atom. The van der Waals surface area contributed by atoms with Crippen LogP contribution in [-0.2, 0) is 6.42 Å². The van der Waals surface area contributed by atoms with Gasteiger partial charge in [-0.15, -0.1) is 0 Å². The molecule has 0 bridgehead atoms. The highest BCUT2D eigenvalue weighted by Crippen LogP contribution is 2.29. The van der Waals surface area contributed by atoms with E-state index in [0.29, 0.717) is 15.7 Å². The topological polar surface area (TPSA) is 35.6 Å². The van der Waals surface area contributed by atoms with Crippen LogP contribution in [0, 0.1) is 0 Å². The standard InChI is InChI=1S/C20H23Cl2N3O/c21-17-9-4-10-18(19(17)22)23-20(26)25-14-12-24(13-15-25)11-5-8-16-6-2-1-3-7-16/h1-4,6-7,9-10H,5,8,11-15H2,(H,23,26). The van der Waals surface area contributed by atoms with E-state index in [1.54, 1.807) is 18.2 Å². The van der Waals surface area contributed by atoms with Gasteiger partial charge in [0.05, 0.1) is 15.7 Å². The number of carbonyl (C=O) groups is 1. The number of amides is 2. The van der Waals surface area contributed by atoms with Gasteiger partial charge in [0.25, 0.3) is 0 Å². The number of benzene rings is 2. The highest BCUT2D eigenvalue weighted by atomic mass is 35.5. The number of nitrogens with zero attached hydrogens (tertiary/aromatic N) is 2. The van der Waals surface area contributed by atoms with Crippen LogP contribution in [0.15, 0.2) is 48.5 Å². The molecule has 2 amide bonds. The summed E-state index contributed by atoms with van der Waals surface area (Å²) in [7, 11) is 0. The Kier molecular flexibility index (Phi) is 6.78. The molecular weight excluding hydrogens is 369 g/mol. The van der Waals surface area contributed by atoms with Crippen molar-refractivity contribution in [3.63, 3.8) is 0 Å². The third-order valence-electron chi connectivity index (χ3n) is 4.64. The first-order valence-electron chi connectivity index (χ1n) is 8.90. The maximum absolute atomic E-state index is 12.4. The molecule has 1 heterocycles. The number of hydrogen-bond acceptors (Lipinski definition) is 2. The van der Waals surface area contributed by atoms with Gasteiger partial charge in [-0.2, -0.15) is 0 Å². The second-order valence-corrected chi connectivity index (χ2v) is 7.23. The van der Waals surface area contributed by atoms with Crippen molar-refractivity contribution >= 4 is 34.9 Å². The number of rotatable bonds is 5. The predicted molar refractivity (Wildman–Crippen MR) is 108 cm³/mol. The minimum Gasteiger partial charge on any atom is -0.322 e. The van der Waals surface area contributed by atoms with E-state index in [9.17, 15) is 4.79 Å². The Morgan fingerprint density at radius 1 is 0.962 bits per heavy atom. The highest BCUT2D eigenvalue weighted by molar-refractivity contribution is 6.43. The zero-order valence-electron chi connectivity index (χ0n) is 14.6. The third-order valence-corrected chi connectivity index (χ3v) is 5.45. The van der Waals surface area contributed by atoms with Crippen molar-refractivity contribution < 1.29 is 4.79 Å². The molecule has 26 heavy (non-hydrogen) atoms. The molecule has 0 unspecified atom stereocenters. The SMILES string of the molecule is O=C(Nc1cccc(Cl)c1Cl)N1CCN(CCCc2ccccc2)CC1. The quantitative estimate of drug-likeness (QED) is 0.795. The monoisotopic (exact) mass is 391 g/mol. The van der Waals surface area contributed by atoms with Gasteiger partial charge in [0.1, 0.15) is 0 Å². The van der Waals surface area contributed by atoms with Crippen LogP contribution in [0.2, 0.25) is 10.0 Å². The number of nitrogens with one attached hydrogen (secondary N) is 1. The molecule has 1 N–H and O–H groups in total. The smallest absolute Gasteiger partial charge is 0.321 e. The van der Waals surface area contributed by atoms with Crippen molar-refractivity contribution in [1.29, 1.82) is 0 Å². The number of urea groups is 1. The Bertz CT molecular complexity index is 731. The van der Waals surface area contributed by atoms with Gasteiger partial charge in [-0.3, -0.25) is 4.90 Å². The first kappa shape index (κ1) is 19.0. The Hall–Kier alpha value is -1.75. The molecule has 1 aliphatic heterocycles. The zero-order valence-corrected chi connectivity index (χ0v) is 16.1. The average molecular weight is 392 g/mol. The summed E-state index contributed by atoms with van der Waals surface area (Å²) in [5.74, 6) is 0. The fraction of sp³-hybridized carbons (Fsp3) is 0.350. The lowest BCUT2D eigenvalue weighted by atomic mass is 10.1. The number of piperazine rings is 1. The maximum atomic E-state index is 12.4. The molecule has 0 atom stereocenters. The average Bonchev–Trinajstić information content (AvgIpc) is 2.67. The fourth-order valence-electron chi connectivity index (χ4n) is 3.12. The lowest BCUT2D eigenvalue weighted by Crippen LogP contribution is -2.50. The van der Waals surface area contributed by atoms with E-state index < -0.39 is 0 Å². The van der Waals surface area contributed by atoms with Gasteiger partial charge in [0.2, 0.25) is 0 Å². The van der Waals surface area contributed by atoms with Crippen molar-refractivity contribution in [2.75, 3.05) is 38.0 Å². The number of halogens is 2. The normalized spacial score (nSPS) is 15.1. The number of aryl methyl sites for hydroxylation is 1. The van der Waals surface area contributed by atoms with Gasteiger partial charge < -0.3 is 10.2 Å². The van der Waals surface area contributed by atoms with Crippen molar-refractivity contribution in [3.05, 3.63) is 64.1 Å². The van der Waals surface area contributed by atoms with E-state index in [1.807, 2.05) is 11.0 Å². The molecule has 6 heteroatoms. The fourth-order valence-corrected chi connectivity index (χ4v) is 3.47. The first-order valence-corrected chi connectivity index (χ1v) is 9.65. The van der Waals surface area contributed by atoms with Crippen molar-refractivity contribution in [3.8, 4) is 0 Å². The van der Waals surface area contributed by atoms with E-state index in [4.69, 9.17) is 23.2 Å². The van der Waals surface area contributed by atoms with E-state index in [0.717, 1.165) is 45.6 Å². The molecule has 0 aromatic heterocycles. The molecule has 138 valence electrons. The van der Waals surface area contributed by atoms with Gasteiger partial charge >= 0.3 is 6.03 Å². The Balaban J connectivity index is 1.41. The van der Waals surface area contributed by atoms with E-state index in [2.05, 4.69) is 34.5 Å².